The second-order valence-electron chi connectivity index (χ2n) is 5.42. The number of benzene rings is 1. The SMILES string of the molecule is CC(O)C(C)(C)NCc1cc(-c2ccccc2)cs1. The van der Waals surface area contributed by atoms with E-state index in [1.807, 2.05) is 26.8 Å². The minimum absolute atomic E-state index is 0.267. The van der Waals surface area contributed by atoms with Gasteiger partial charge in [-0.15, -0.1) is 11.3 Å². The number of hydrogen-bond acceptors (Lipinski definition) is 3. The number of aliphatic hydroxyl groups is 1. The maximum absolute atomic E-state index is 9.68. The molecule has 0 amide bonds. The van der Waals surface area contributed by atoms with Crippen molar-refractivity contribution in [1.29, 1.82) is 0 Å². The first-order chi connectivity index (χ1) is 8.99. The molecule has 3 heteroatoms. The van der Waals surface area contributed by atoms with Crippen LogP contribution >= 0.6 is 11.3 Å². The fourth-order valence-electron chi connectivity index (χ4n) is 1.72. The zero-order chi connectivity index (χ0) is 13.9. The highest BCUT2D eigenvalue weighted by atomic mass is 32.1. The molecule has 2 nitrogen and oxygen atoms in total. The summed E-state index contributed by atoms with van der Waals surface area (Å²) < 4.78 is 0. The van der Waals surface area contributed by atoms with Crippen LogP contribution < -0.4 is 5.32 Å². The van der Waals surface area contributed by atoms with Gasteiger partial charge in [-0.3, -0.25) is 0 Å². The predicted molar refractivity (Wildman–Crippen MR) is 82.4 cm³/mol. The molecule has 0 saturated heterocycles. The Hall–Kier alpha value is -1.16. The summed E-state index contributed by atoms with van der Waals surface area (Å²) in [4.78, 5) is 1.28. The highest BCUT2D eigenvalue weighted by molar-refractivity contribution is 7.10. The Morgan fingerprint density at radius 2 is 1.89 bits per heavy atom. The van der Waals surface area contributed by atoms with E-state index in [1.54, 1.807) is 11.3 Å². The molecule has 0 radical (unpaired) electrons. The van der Waals surface area contributed by atoms with E-state index >= 15 is 0 Å². The lowest BCUT2D eigenvalue weighted by molar-refractivity contribution is 0.0958. The number of nitrogens with one attached hydrogen (secondary N) is 1. The van der Waals surface area contributed by atoms with Crippen LogP contribution in [0.4, 0.5) is 0 Å². The van der Waals surface area contributed by atoms with Crippen molar-refractivity contribution in [2.75, 3.05) is 0 Å². The standard InChI is InChI=1S/C16H21NOS/c1-12(18)16(2,3)17-10-15-9-14(11-19-15)13-7-5-4-6-8-13/h4-9,11-12,17-18H,10H2,1-3H3. The quantitative estimate of drug-likeness (QED) is 0.872. The molecular weight excluding hydrogens is 254 g/mol. The van der Waals surface area contributed by atoms with Crippen molar-refractivity contribution in [2.45, 2.75) is 39.0 Å². The fourth-order valence-corrected chi connectivity index (χ4v) is 2.55. The van der Waals surface area contributed by atoms with E-state index in [-0.39, 0.29) is 11.6 Å². The van der Waals surface area contributed by atoms with Gasteiger partial charge in [-0.1, -0.05) is 30.3 Å². The Balaban J connectivity index is 2.03. The topological polar surface area (TPSA) is 32.3 Å². The lowest BCUT2D eigenvalue weighted by Gasteiger charge is -2.29. The zero-order valence-electron chi connectivity index (χ0n) is 11.7. The van der Waals surface area contributed by atoms with Gasteiger partial charge < -0.3 is 10.4 Å². The van der Waals surface area contributed by atoms with Gasteiger partial charge in [0, 0.05) is 17.0 Å². The molecule has 2 aromatic rings. The van der Waals surface area contributed by atoms with Crippen molar-refractivity contribution in [1.82, 2.24) is 5.32 Å². The van der Waals surface area contributed by atoms with E-state index < -0.39 is 0 Å². The monoisotopic (exact) mass is 275 g/mol. The highest BCUT2D eigenvalue weighted by Gasteiger charge is 2.23. The van der Waals surface area contributed by atoms with Crippen LogP contribution in [-0.2, 0) is 6.54 Å². The van der Waals surface area contributed by atoms with E-state index in [2.05, 4.69) is 41.0 Å². The van der Waals surface area contributed by atoms with Crippen molar-refractivity contribution in [3.05, 3.63) is 46.7 Å². The van der Waals surface area contributed by atoms with E-state index in [1.165, 1.54) is 16.0 Å². The molecule has 102 valence electrons. The number of hydrogen-bond donors (Lipinski definition) is 2. The molecule has 0 aliphatic heterocycles. The minimum atomic E-state index is -0.374. The smallest absolute Gasteiger partial charge is 0.0688 e. The maximum atomic E-state index is 9.68. The first kappa shape index (κ1) is 14.3. The predicted octanol–water partition coefficient (Wildman–Crippen LogP) is 3.66. The van der Waals surface area contributed by atoms with Gasteiger partial charge in [-0.05, 0) is 43.3 Å². The van der Waals surface area contributed by atoms with Crippen LogP contribution in [0.1, 0.15) is 25.6 Å². The Kier molecular flexibility index (Phi) is 4.40. The summed E-state index contributed by atoms with van der Waals surface area (Å²) >= 11 is 1.75. The average molecular weight is 275 g/mol. The van der Waals surface area contributed by atoms with Gasteiger partial charge in [0.25, 0.3) is 0 Å². The summed E-state index contributed by atoms with van der Waals surface area (Å²) in [6.07, 6.45) is -0.374. The van der Waals surface area contributed by atoms with Crippen molar-refractivity contribution < 1.29 is 5.11 Å². The van der Waals surface area contributed by atoms with Gasteiger partial charge >= 0.3 is 0 Å². The molecule has 2 rings (SSSR count). The van der Waals surface area contributed by atoms with Crippen molar-refractivity contribution in [3.8, 4) is 11.1 Å². The van der Waals surface area contributed by atoms with Crippen LogP contribution in [0.25, 0.3) is 11.1 Å². The fraction of sp³-hybridized carbons (Fsp3) is 0.375. The second-order valence-corrected chi connectivity index (χ2v) is 6.41. The molecule has 1 unspecified atom stereocenters. The molecule has 1 aromatic heterocycles. The van der Waals surface area contributed by atoms with Gasteiger partial charge in [-0.25, -0.2) is 0 Å². The molecule has 1 aromatic carbocycles. The van der Waals surface area contributed by atoms with E-state index in [0.29, 0.717) is 0 Å². The molecule has 0 fully saturated rings. The van der Waals surface area contributed by atoms with Crippen LogP contribution in [0, 0.1) is 0 Å². The number of aliphatic hydroxyl groups excluding tert-OH is 1. The highest BCUT2D eigenvalue weighted by Crippen LogP contribution is 2.25. The largest absolute Gasteiger partial charge is 0.392 e. The summed E-state index contributed by atoms with van der Waals surface area (Å²) in [5.41, 5.74) is 2.24. The van der Waals surface area contributed by atoms with Crippen molar-refractivity contribution in [2.24, 2.45) is 0 Å². The summed E-state index contributed by atoms with van der Waals surface area (Å²) in [6, 6.07) is 12.6. The molecule has 2 N–H and O–H groups in total. The molecule has 0 bridgehead atoms. The first-order valence-corrected chi connectivity index (χ1v) is 7.43. The van der Waals surface area contributed by atoms with Crippen LogP contribution in [0.2, 0.25) is 0 Å². The number of thiophene rings is 1. The Morgan fingerprint density at radius 3 is 2.53 bits per heavy atom. The lowest BCUT2D eigenvalue weighted by atomic mass is 9.99. The van der Waals surface area contributed by atoms with Crippen LogP contribution in [0.3, 0.4) is 0 Å². The van der Waals surface area contributed by atoms with E-state index in [4.69, 9.17) is 0 Å². The zero-order valence-corrected chi connectivity index (χ0v) is 12.5. The third-order valence-corrected chi connectivity index (χ3v) is 4.46. The normalized spacial score (nSPS) is 13.5. The molecular formula is C16H21NOS. The van der Waals surface area contributed by atoms with Gasteiger partial charge in [0.15, 0.2) is 0 Å². The molecule has 19 heavy (non-hydrogen) atoms. The maximum Gasteiger partial charge on any atom is 0.0688 e. The Bertz CT molecular complexity index is 517. The third kappa shape index (κ3) is 3.66. The number of rotatable bonds is 5. The van der Waals surface area contributed by atoms with E-state index in [9.17, 15) is 5.11 Å². The van der Waals surface area contributed by atoms with Gasteiger partial charge in [0.2, 0.25) is 0 Å². The molecule has 0 spiro atoms. The Labute approximate surface area is 119 Å². The molecule has 1 atom stereocenters. The second kappa shape index (κ2) is 5.87. The third-order valence-electron chi connectivity index (χ3n) is 3.52. The van der Waals surface area contributed by atoms with Crippen LogP contribution in [-0.4, -0.2) is 16.7 Å². The van der Waals surface area contributed by atoms with Gasteiger partial charge in [-0.2, -0.15) is 0 Å². The first-order valence-electron chi connectivity index (χ1n) is 6.55. The van der Waals surface area contributed by atoms with Crippen LogP contribution in [0.15, 0.2) is 41.8 Å². The summed E-state index contributed by atoms with van der Waals surface area (Å²) in [5, 5.41) is 15.3. The minimum Gasteiger partial charge on any atom is -0.392 e. The molecule has 0 saturated carbocycles. The van der Waals surface area contributed by atoms with Gasteiger partial charge in [0.05, 0.1) is 6.10 Å². The lowest BCUT2D eigenvalue weighted by Crippen LogP contribution is -2.47. The average Bonchev–Trinajstić information content (AvgIpc) is 2.86. The summed E-state index contributed by atoms with van der Waals surface area (Å²) in [7, 11) is 0. The molecule has 0 aliphatic carbocycles. The van der Waals surface area contributed by atoms with Crippen LogP contribution in [0.5, 0.6) is 0 Å². The summed E-state index contributed by atoms with van der Waals surface area (Å²) in [6.45, 7) is 6.64. The van der Waals surface area contributed by atoms with Crippen molar-refractivity contribution in [3.63, 3.8) is 0 Å². The van der Waals surface area contributed by atoms with Gasteiger partial charge in [0.1, 0.15) is 0 Å². The Morgan fingerprint density at radius 1 is 1.21 bits per heavy atom. The molecule has 0 aliphatic rings. The van der Waals surface area contributed by atoms with E-state index in [0.717, 1.165) is 6.54 Å². The summed E-state index contributed by atoms with van der Waals surface area (Å²) in [5.74, 6) is 0. The van der Waals surface area contributed by atoms with Crippen molar-refractivity contribution >= 4 is 11.3 Å². The molecule has 1 heterocycles.